The lowest BCUT2D eigenvalue weighted by Crippen LogP contribution is -1.98. The number of hydrogen-bond donors (Lipinski definition) is 1. The molecule has 0 radical (unpaired) electrons. The molecule has 0 spiro atoms. The molecule has 0 atom stereocenters. The van der Waals surface area contributed by atoms with E-state index < -0.39 is 0 Å². The molecule has 2 N–H and O–H groups in total. The first kappa shape index (κ1) is 15.6. The van der Waals surface area contributed by atoms with Crippen LogP contribution in [0.5, 0.6) is 0 Å². The number of imidazole rings is 1. The average molecular weight is 353 g/mol. The molecule has 0 bridgehead atoms. The average Bonchev–Trinajstić information content (AvgIpc) is 2.99. The highest BCUT2D eigenvalue weighted by atomic mass is 35.5. The minimum Gasteiger partial charge on any atom is -0.384 e. The highest BCUT2D eigenvalue weighted by Gasteiger charge is 2.09. The fourth-order valence-corrected chi connectivity index (χ4v) is 3.07. The van der Waals surface area contributed by atoms with Crippen molar-refractivity contribution in [3.05, 3.63) is 77.5 Å². The molecule has 2 aromatic carbocycles. The van der Waals surface area contributed by atoms with Crippen molar-refractivity contribution in [2.24, 2.45) is 0 Å². The van der Waals surface area contributed by atoms with Crippen molar-refractivity contribution in [2.75, 3.05) is 5.73 Å². The molecule has 0 saturated carbocycles. The van der Waals surface area contributed by atoms with E-state index in [0.29, 0.717) is 17.4 Å². The zero-order chi connectivity index (χ0) is 17.4. The van der Waals surface area contributed by atoms with Crippen LogP contribution in [0, 0.1) is 5.82 Å². The summed E-state index contributed by atoms with van der Waals surface area (Å²) < 4.78 is 15.4. The predicted molar refractivity (Wildman–Crippen MR) is 97.9 cm³/mol. The Balaban J connectivity index is 1.79. The zero-order valence-corrected chi connectivity index (χ0v) is 13.9. The Morgan fingerprint density at radius 1 is 1.08 bits per heavy atom. The summed E-state index contributed by atoms with van der Waals surface area (Å²) in [5.41, 5.74) is 10.2. The van der Waals surface area contributed by atoms with Gasteiger partial charge in [-0.25, -0.2) is 14.4 Å². The van der Waals surface area contributed by atoms with Crippen LogP contribution in [0.2, 0.25) is 5.02 Å². The van der Waals surface area contributed by atoms with Crippen LogP contribution >= 0.6 is 11.6 Å². The lowest BCUT2D eigenvalue weighted by atomic mass is 10.1. The maximum atomic E-state index is 13.4. The number of hydrogen-bond acceptors (Lipinski definition) is 3. The number of benzene rings is 2. The summed E-state index contributed by atoms with van der Waals surface area (Å²) in [6.07, 6.45) is 3.29. The number of aromatic nitrogens is 3. The first-order valence-corrected chi connectivity index (χ1v) is 8.09. The van der Waals surface area contributed by atoms with Crippen LogP contribution in [-0.4, -0.2) is 14.5 Å². The van der Waals surface area contributed by atoms with Gasteiger partial charge in [-0.15, -0.1) is 0 Å². The van der Waals surface area contributed by atoms with Gasteiger partial charge in [0.1, 0.15) is 11.6 Å². The maximum Gasteiger partial charge on any atom is 0.124 e. The molecule has 124 valence electrons. The summed E-state index contributed by atoms with van der Waals surface area (Å²) in [5.74, 6) is 0.161. The lowest BCUT2D eigenvalue weighted by Gasteiger charge is -2.08. The van der Waals surface area contributed by atoms with E-state index in [4.69, 9.17) is 17.3 Å². The van der Waals surface area contributed by atoms with Crippen LogP contribution in [-0.2, 0) is 6.54 Å². The van der Waals surface area contributed by atoms with Gasteiger partial charge < -0.3 is 10.3 Å². The van der Waals surface area contributed by atoms with E-state index >= 15 is 0 Å². The summed E-state index contributed by atoms with van der Waals surface area (Å²) in [6.45, 7) is 0.532. The van der Waals surface area contributed by atoms with Crippen molar-refractivity contribution in [2.45, 2.75) is 6.54 Å². The smallest absolute Gasteiger partial charge is 0.124 e. The van der Waals surface area contributed by atoms with E-state index in [0.717, 1.165) is 27.7 Å². The molecule has 25 heavy (non-hydrogen) atoms. The first-order valence-electron chi connectivity index (χ1n) is 7.71. The predicted octanol–water partition coefficient (Wildman–Crippen LogP) is 4.52. The minimum atomic E-state index is -0.248. The molecular formula is C19H14ClFN4. The Labute approximate surface area is 148 Å². The zero-order valence-electron chi connectivity index (χ0n) is 13.2. The van der Waals surface area contributed by atoms with Gasteiger partial charge >= 0.3 is 0 Å². The number of fused-ring (bicyclic) bond motifs is 1. The van der Waals surface area contributed by atoms with Crippen molar-refractivity contribution in [3.8, 4) is 11.1 Å². The van der Waals surface area contributed by atoms with E-state index in [-0.39, 0.29) is 5.82 Å². The van der Waals surface area contributed by atoms with Crippen LogP contribution in [0.3, 0.4) is 0 Å². The second-order valence-corrected chi connectivity index (χ2v) is 6.20. The molecule has 0 saturated heterocycles. The molecular weight excluding hydrogens is 339 g/mol. The molecule has 4 aromatic rings. The van der Waals surface area contributed by atoms with Crippen LogP contribution in [0.1, 0.15) is 5.56 Å². The Morgan fingerprint density at radius 3 is 2.80 bits per heavy atom. The molecule has 0 aliphatic rings. The Morgan fingerprint density at radius 2 is 1.96 bits per heavy atom. The SMILES string of the molecule is Nc1cc(-c2ccc3ncn(Cc4cccc(F)c4)c3c2)c(Cl)cn1. The van der Waals surface area contributed by atoms with Crippen molar-refractivity contribution in [3.63, 3.8) is 0 Å². The van der Waals surface area contributed by atoms with Crippen molar-refractivity contribution >= 4 is 28.5 Å². The largest absolute Gasteiger partial charge is 0.384 e. The topological polar surface area (TPSA) is 56.7 Å². The normalized spacial score (nSPS) is 11.1. The van der Waals surface area contributed by atoms with Gasteiger partial charge in [-0.2, -0.15) is 0 Å². The molecule has 2 heterocycles. The molecule has 0 fully saturated rings. The van der Waals surface area contributed by atoms with Crippen LogP contribution in [0.4, 0.5) is 10.2 Å². The number of pyridine rings is 1. The number of nitrogens with zero attached hydrogens (tertiary/aromatic N) is 3. The number of anilines is 1. The lowest BCUT2D eigenvalue weighted by molar-refractivity contribution is 0.624. The second-order valence-electron chi connectivity index (χ2n) is 5.79. The molecule has 0 aliphatic carbocycles. The highest BCUT2D eigenvalue weighted by Crippen LogP contribution is 2.30. The van der Waals surface area contributed by atoms with E-state index in [1.807, 2.05) is 28.8 Å². The monoisotopic (exact) mass is 352 g/mol. The van der Waals surface area contributed by atoms with Gasteiger partial charge in [0.2, 0.25) is 0 Å². The third-order valence-corrected chi connectivity index (χ3v) is 4.35. The van der Waals surface area contributed by atoms with Gasteiger partial charge in [0.15, 0.2) is 0 Å². The summed E-state index contributed by atoms with van der Waals surface area (Å²) in [5, 5.41) is 0.532. The second kappa shape index (κ2) is 6.18. The summed E-state index contributed by atoms with van der Waals surface area (Å²) in [6, 6.07) is 14.2. The minimum absolute atomic E-state index is 0.248. The molecule has 6 heteroatoms. The quantitative estimate of drug-likeness (QED) is 0.589. The van der Waals surface area contributed by atoms with Gasteiger partial charge in [-0.1, -0.05) is 29.8 Å². The van der Waals surface area contributed by atoms with Crippen molar-refractivity contribution in [1.82, 2.24) is 14.5 Å². The molecule has 4 rings (SSSR count). The van der Waals surface area contributed by atoms with Crippen LogP contribution in [0.15, 0.2) is 61.1 Å². The number of rotatable bonds is 3. The Bertz CT molecular complexity index is 1070. The molecule has 4 nitrogen and oxygen atoms in total. The fraction of sp³-hybridized carbons (Fsp3) is 0.0526. The van der Waals surface area contributed by atoms with Gasteiger partial charge in [0.25, 0.3) is 0 Å². The third kappa shape index (κ3) is 3.06. The molecule has 2 aromatic heterocycles. The van der Waals surface area contributed by atoms with E-state index in [1.54, 1.807) is 24.7 Å². The number of nitrogen functional groups attached to an aromatic ring is 1. The number of halogens is 2. The standard InChI is InChI=1S/C19H14ClFN4/c20-16-9-23-19(22)8-15(16)13-4-5-17-18(7-13)25(11-24-17)10-12-2-1-3-14(21)6-12/h1-9,11H,10H2,(H2,22,23). The molecule has 0 aliphatic heterocycles. The summed E-state index contributed by atoms with van der Waals surface area (Å²) in [4.78, 5) is 8.40. The van der Waals surface area contributed by atoms with Crippen LogP contribution in [0.25, 0.3) is 22.2 Å². The van der Waals surface area contributed by atoms with Crippen molar-refractivity contribution < 1.29 is 4.39 Å². The third-order valence-electron chi connectivity index (χ3n) is 4.05. The number of nitrogens with two attached hydrogens (primary N) is 1. The fourth-order valence-electron chi connectivity index (χ4n) is 2.86. The Hall–Kier alpha value is -2.92. The van der Waals surface area contributed by atoms with E-state index in [1.165, 1.54) is 12.1 Å². The Kier molecular flexibility index (Phi) is 3.86. The van der Waals surface area contributed by atoms with Crippen molar-refractivity contribution in [1.29, 1.82) is 0 Å². The maximum absolute atomic E-state index is 13.4. The van der Waals surface area contributed by atoms with E-state index in [9.17, 15) is 4.39 Å². The summed E-state index contributed by atoms with van der Waals surface area (Å²) >= 11 is 6.26. The van der Waals surface area contributed by atoms with Gasteiger partial charge in [0, 0.05) is 18.3 Å². The molecule has 0 amide bonds. The van der Waals surface area contributed by atoms with Gasteiger partial charge in [-0.3, -0.25) is 0 Å². The van der Waals surface area contributed by atoms with Gasteiger partial charge in [0.05, 0.1) is 22.4 Å². The highest BCUT2D eigenvalue weighted by molar-refractivity contribution is 6.33. The molecule has 0 unspecified atom stereocenters. The summed E-state index contributed by atoms with van der Waals surface area (Å²) in [7, 11) is 0. The first-order chi connectivity index (χ1) is 12.1. The van der Waals surface area contributed by atoms with Crippen LogP contribution < -0.4 is 5.73 Å². The van der Waals surface area contributed by atoms with E-state index in [2.05, 4.69) is 9.97 Å². The van der Waals surface area contributed by atoms with Gasteiger partial charge in [-0.05, 0) is 41.5 Å².